The lowest BCUT2D eigenvalue weighted by atomic mass is 10.1. The van der Waals surface area contributed by atoms with Crippen LogP contribution in [0.4, 0.5) is 0 Å². The Kier molecular flexibility index (Phi) is 8.23. The maximum atomic E-state index is 12.2. The number of thioether (sulfide) groups is 1. The van der Waals surface area contributed by atoms with Crippen LogP contribution in [0.3, 0.4) is 0 Å². The van der Waals surface area contributed by atoms with E-state index >= 15 is 0 Å². The van der Waals surface area contributed by atoms with Gasteiger partial charge in [0.15, 0.2) is 0 Å². The predicted octanol–water partition coefficient (Wildman–Crippen LogP) is 2.93. The maximum Gasteiger partial charge on any atom is 0.232 e. The van der Waals surface area contributed by atoms with Gasteiger partial charge in [0, 0.05) is 30.5 Å². The number of nitrogens with zero attached hydrogens (tertiary/aromatic N) is 1. The Labute approximate surface area is 147 Å². The molecule has 4 nitrogen and oxygen atoms in total. The molecule has 0 bridgehead atoms. The molecule has 6 heteroatoms. The molecule has 1 heterocycles. The Bertz CT molecular complexity index is 493. The van der Waals surface area contributed by atoms with Gasteiger partial charge in [-0.2, -0.15) is 0 Å². The van der Waals surface area contributed by atoms with Crippen molar-refractivity contribution in [1.82, 2.24) is 4.90 Å². The van der Waals surface area contributed by atoms with Gasteiger partial charge < -0.3 is 15.4 Å². The molecule has 128 valence electrons. The van der Waals surface area contributed by atoms with E-state index in [2.05, 4.69) is 0 Å². The van der Waals surface area contributed by atoms with Crippen LogP contribution in [0.15, 0.2) is 24.3 Å². The van der Waals surface area contributed by atoms with Crippen molar-refractivity contribution in [3.63, 3.8) is 0 Å². The molecule has 0 radical (unpaired) electrons. The van der Waals surface area contributed by atoms with E-state index in [9.17, 15) is 4.79 Å². The van der Waals surface area contributed by atoms with Crippen molar-refractivity contribution in [2.75, 3.05) is 32.0 Å². The minimum atomic E-state index is 0.220. The molecule has 1 fully saturated rings. The van der Waals surface area contributed by atoms with E-state index in [1.54, 1.807) is 11.8 Å². The van der Waals surface area contributed by atoms with Crippen LogP contribution in [-0.2, 0) is 15.3 Å². The molecule has 0 saturated carbocycles. The summed E-state index contributed by atoms with van der Waals surface area (Å²) in [5.74, 6) is 1.55. The van der Waals surface area contributed by atoms with Crippen molar-refractivity contribution >= 4 is 29.3 Å². The number of benzene rings is 1. The normalized spacial score (nSPS) is 15.8. The largest absolute Gasteiger partial charge is 0.378 e. The SMILES string of the molecule is NCCCOC1CCN(C(=O)CSCc2cccc(Cl)c2)CC1. The van der Waals surface area contributed by atoms with E-state index in [-0.39, 0.29) is 12.0 Å². The van der Waals surface area contributed by atoms with Gasteiger partial charge in [-0.3, -0.25) is 4.79 Å². The highest BCUT2D eigenvalue weighted by molar-refractivity contribution is 7.99. The van der Waals surface area contributed by atoms with Crippen molar-refractivity contribution in [3.05, 3.63) is 34.9 Å². The fraction of sp³-hybridized carbons (Fsp3) is 0.588. The summed E-state index contributed by atoms with van der Waals surface area (Å²) in [6, 6.07) is 7.78. The molecule has 23 heavy (non-hydrogen) atoms. The monoisotopic (exact) mass is 356 g/mol. The number of rotatable bonds is 8. The first-order chi connectivity index (χ1) is 11.2. The Morgan fingerprint density at radius 3 is 2.87 bits per heavy atom. The molecule has 1 saturated heterocycles. The van der Waals surface area contributed by atoms with E-state index in [0.717, 1.165) is 55.3 Å². The van der Waals surface area contributed by atoms with Crippen LogP contribution in [0.2, 0.25) is 5.02 Å². The summed E-state index contributed by atoms with van der Waals surface area (Å²) in [4.78, 5) is 14.2. The molecule has 1 aliphatic rings. The Morgan fingerprint density at radius 2 is 2.17 bits per heavy atom. The highest BCUT2D eigenvalue weighted by Gasteiger charge is 2.22. The third-order valence-electron chi connectivity index (χ3n) is 3.88. The Balaban J connectivity index is 1.63. The Morgan fingerprint density at radius 1 is 1.39 bits per heavy atom. The van der Waals surface area contributed by atoms with E-state index in [0.29, 0.717) is 12.3 Å². The number of likely N-dealkylation sites (tertiary alicyclic amines) is 1. The number of halogens is 1. The molecule has 1 aromatic rings. The maximum absolute atomic E-state index is 12.2. The number of nitrogens with two attached hydrogens (primary N) is 1. The van der Waals surface area contributed by atoms with Crippen LogP contribution in [0.5, 0.6) is 0 Å². The van der Waals surface area contributed by atoms with Gasteiger partial charge in [0.2, 0.25) is 5.91 Å². The van der Waals surface area contributed by atoms with Crippen molar-refractivity contribution in [2.24, 2.45) is 5.73 Å². The Hall–Kier alpha value is -0.750. The number of carbonyl (C=O) groups excluding carboxylic acids is 1. The fourth-order valence-corrected chi connectivity index (χ4v) is 3.67. The second-order valence-electron chi connectivity index (χ2n) is 5.72. The van der Waals surface area contributed by atoms with Gasteiger partial charge >= 0.3 is 0 Å². The number of hydrogen-bond acceptors (Lipinski definition) is 4. The van der Waals surface area contributed by atoms with Crippen LogP contribution >= 0.6 is 23.4 Å². The minimum absolute atomic E-state index is 0.220. The predicted molar refractivity (Wildman–Crippen MR) is 96.8 cm³/mol. The lowest BCUT2D eigenvalue weighted by Crippen LogP contribution is -2.41. The fourth-order valence-electron chi connectivity index (χ4n) is 2.58. The summed E-state index contributed by atoms with van der Waals surface area (Å²) in [6.07, 6.45) is 3.04. The van der Waals surface area contributed by atoms with Gasteiger partial charge in [-0.25, -0.2) is 0 Å². The number of ether oxygens (including phenoxy) is 1. The molecule has 1 aromatic carbocycles. The first-order valence-electron chi connectivity index (χ1n) is 8.10. The molecule has 0 aromatic heterocycles. The molecule has 0 atom stereocenters. The first kappa shape index (κ1) is 18.6. The second-order valence-corrected chi connectivity index (χ2v) is 7.14. The van der Waals surface area contributed by atoms with Gasteiger partial charge in [0.05, 0.1) is 11.9 Å². The van der Waals surface area contributed by atoms with Gasteiger partial charge in [-0.15, -0.1) is 11.8 Å². The minimum Gasteiger partial charge on any atom is -0.378 e. The molecule has 0 aliphatic carbocycles. The second kappa shape index (κ2) is 10.2. The standard InChI is InChI=1S/C17H25ClN2O2S/c18-15-4-1-3-14(11-15)12-23-13-17(21)20-8-5-16(6-9-20)22-10-2-7-19/h1,3-4,11,16H,2,5-10,12-13,19H2. The average molecular weight is 357 g/mol. The zero-order valence-electron chi connectivity index (χ0n) is 13.4. The number of amides is 1. The number of piperidine rings is 1. The molecule has 0 unspecified atom stereocenters. The molecule has 1 amide bonds. The summed E-state index contributed by atoms with van der Waals surface area (Å²) in [5.41, 5.74) is 6.62. The van der Waals surface area contributed by atoms with Crippen molar-refractivity contribution in [2.45, 2.75) is 31.1 Å². The van der Waals surface area contributed by atoms with E-state index in [1.165, 1.54) is 0 Å². The molecular formula is C17H25ClN2O2S. The van der Waals surface area contributed by atoms with Crippen molar-refractivity contribution < 1.29 is 9.53 Å². The van der Waals surface area contributed by atoms with Gasteiger partial charge in [0.25, 0.3) is 0 Å². The molecule has 2 N–H and O–H groups in total. The van der Waals surface area contributed by atoms with Crippen molar-refractivity contribution in [1.29, 1.82) is 0 Å². The third kappa shape index (κ3) is 6.71. The topological polar surface area (TPSA) is 55.6 Å². The zero-order valence-corrected chi connectivity index (χ0v) is 15.0. The summed E-state index contributed by atoms with van der Waals surface area (Å²) < 4.78 is 5.77. The van der Waals surface area contributed by atoms with Gasteiger partial charge in [-0.05, 0) is 43.5 Å². The van der Waals surface area contributed by atoms with E-state index in [4.69, 9.17) is 22.1 Å². The van der Waals surface area contributed by atoms with Crippen LogP contribution in [0.1, 0.15) is 24.8 Å². The number of hydrogen-bond donors (Lipinski definition) is 1. The molecule has 2 rings (SSSR count). The first-order valence-corrected chi connectivity index (χ1v) is 9.64. The summed E-state index contributed by atoms with van der Waals surface area (Å²) in [6.45, 7) is 2.99. The van der Waals surface area contributed by atoms with E-state index < -0.39 is 0 Å². The smallest absolute Gasteiger partial charge is 0.232 e. The molecular weight excluding hydrogens is 332 g/mol. The van der Waals surface area contributed by atoms with Crippen LogP contribution in [-0.4, -0.2) is 48.9 Å². The lowest BCUT2D eigenvalue weighted by Gasteiger charge is -2.32. The van der Waals surface area contributed by atoms with Crippen LogP contribution in [0, 0.1) is 0 Å². The zero-order chi connectivity index (χ0) is 16.5. The van der Waals surface area contributed by atoms with E-state index in [1.807, 2.05) is 29.2 Å². The summed E-state index contributed by atoms with van der Waals surface area (Å²) >= 11 is 7.60. The molecule has 0 spiro atoms. The lowest BCUT2D eigenvalue weighted by molar-refractivity contribution is -0.130. The molecule has 1 aliphatic heterocycles. The highest BCUT2D eigenvalue weighted by Crippen LogP contribution is 2.19. The number of carbonyl (C=O) groups is 1. The van der Waals surface area contributed by atoms with Crippen LogP contribution < -0.4 is 5.73 Å². The summed E-state index contributed by atoms with van der Waals surface area (Å²) in [7, 11) is 0. The highest BCUT2D eigenvalue weighted by atomic mass is 35.5. The third-order valence-corrected chi connectivity index (χ3v) is 5.10. The average Bonchev–Trinajstić information content (AvgIpc) is 2.56. The quantitative estimate of drug-likeness (QED) is 0.727. The van der Waals surface area contributed by atoms with Gasteiger partial charge in [-0.1, -0.05) is 23.7 Å². The van der Waals surface area contributed by atoms with Crippen molar-refractivity contribution in [3.8, 4) is 0 Å². The summed E-state index contributed by atoms with van der Waals surface area (Å²) in [5, 5.41) is 0.742. The van der Waals surface area contributed by atoms with Gasteiger partial charge in [0.1, 0.15) is 0 Å². The van der Waals surface area contributed by atoms with Crippen LogP contribution in [0.25, 0.3) is 0 Å².